The molecule has 0 radical (unpaired) electrons. The minimum absolute atomic E-state index is 0.382. The molecule has 1 unspecified atom stereocenters. The molecule has 0 fully saturated rings. The molecule has 3 nitrogen and oxygen atoms in total. The second-order valence-corrected chi connectivity index (χ2v) is 2.69. The third-order valence-electron chi connectivity index (χ3n) is 1.91. The monoisotopic (exact) mass is 150 g/mol. The van der Waals surface area contributed by atoms with Gasteiger partial charge in [-0.25, -0.2) is 0 Å². The summed E-state index contributed by atoms with van der Waals surface area (Å²) in [5.74, 6) is 0. The first-order valence-electron chi connectivity index (χ1n) is 3.70. The van der Waals surface area contributed by atoms with E-state index in [0.717, 1.165) is 17.8 Å². The van der Waals surface area contributed by atoms with Crippen LogP contribution in [0.25, 0.3) is 0 Å². The van der Waals surface area contributed by atoms with Crippen LogP contribution >= 0.6 is 0 Å². The standard InChI is InChI=1S/C8H10N2O/c11-8-5-9-4-7-6(8)2-1-3-10-7/h1-3,8-9,11H,4-5H2. The van der Waals surface area contributed by atoms with Crippen molar-refractivity contribution in [2.45, 2.75) is 12.6 Å². The van der Waals surface area contributed by atoms with Gasteiger partial charge in [0, 0.05) is 24.8 Å². The van der Waals surface area contributed by atoms with Crippen LogP contribution in [-0.4, -0.2) is 16.6 Å². The molecule has 11 heavy (non-hydrogen) atoms. The molecular formula is C8H10N2O. The normalized spacial score (nSPS) is 22.8. The molecule has 0 aliphatic carbocycles. The number of fused-ring (bicyclic) bond motifs is 1. The summed E-state index contributed by atoms with van der Waals surface area (Å²) < 4.78 is 0. The second-order valence-electron chi connectivity index (χ2n) is 2.69. The molecule has 58 valence electrons. The van der Waals surface area contributed by atoms with E-state index in [9.17, 15) is 5.11 Å². The number of aromatic nitrogens is 1. The van der Waals surface area contributed by atoms with Gasteiger partial charge in [-0.2, -0.15) is 0 Å². The van der Waals surface area contributed by atoms with Crippen molar-refractivity contribution in [3.05, 3.63) is 29.6 Å². The largest absolute Gasteiger partial charge is 0.387 e. The van der Waals surface area contributed by atoms with E-state index in [0.29, 0.717) is 6.54 Å². The Balaban J connectivity index is 2.44. The van der Waals surface area contributed by atoms with E-state index in [1.165, 1.54) is 0 Å². The molecule has 0 spiro atoms. The van der Waals surface area contributed by atoms with Crippen molar-refractivity contribution in [1.82, 2.24) is 10.3 Å². The van der Waals surface area contributed by atoms with Gasteiger partial charge in [-0.15, -0.1) is 0 Å². The lowest BCUT2D eigenvalue weighted by molar-refractivity contribution is 0.164. The molecule has 0 aromatic carbocycles. The minimum Gasteiger partial charge on any atom is -0.387 e. The SMILES string of the molecule is OC1CNCc2ncccc21. The van der Waals surface area contributed by atoms with Crippen LogP contribution in [0.4, 0.5) is 0 Å². The summed E-state index contributed by atoms with van der Waals surface area (Å²) in [4.78, 5) is 4.15. The van der Waals surface area contributed by atoms with Crippen LogP contribution in [0.15, 0.2) is 18.3 Å². The van der Waals surface area contributed by atoms with E-state index >= 15 is 0 Å². The zero-order chi connectivity index (χ0) is 7.68. The van der Waals surface area contributed by atoms with Crippen LogP contribution in [0.2, 0.25) is 0 Å². The van der Waals surface area contributed by atoms with Gasteiger partial charge < -0.3 is 10.4 Å². The van der Waals surface area contributed by atoms with Crippen LogP contribution in [-0.2, 0) is 6.54 Å². The topological polar surface area (TPSA) is 45.1 Å². The van der Waals surface area contributed by atoms with Gasteiger partial charge in [0.2, 0.25) is 0 Å². The Kier molecular flexibility index (Phi) is 1.60. The summed E-state index contributed by atoms with van der Waals surface area (Å²) in [6.07, 6.45) is 1.37. The molecule has 2 N–H and O–H groups in total. The Morgan fingerprint density at radius 1 is 1.64 bits per heavy atom. The van der Waals surface area contributed by atoms with E-state index in [-0.39, 0.29) is 6.10 Å². The summed E-state index contributed by atoms with van der Waals surface area (Å²) >= 11 is 0. The second kappa shape index (κ2) is 2.60. The highest BCUT2D eigenvalue weighted by Gasteiger charge is 2.16. The third-order valence-corrected chi connectivity index (χ3v) is 1.91. The summed E-state index contributed by atoms with van der Waals surface area (Å²) in [6, 6.07) is 3.78. The number of hydrogen-bond donors (Lipinski definition) is 2. The highest BCUT2D eigenvalue weighted by Crippen LogP contribution is 2.18. The Morgan fingerprint density at radius 2 is 2.55 bits per heavy atom. The lowest BCUT2D eigenvalue weighted by atomic mass is 10.0. The summed E-state index contributed by atoms with van der Waals surface area (Å²) in [5.41, 5.74) is 1.93. The molecule has 2 rings (SSSR count). The van der Waals surface area contributed by atoms with Gasteiger partial charge in [-0.1, -0.05) is 6.07 Å². The van der Waals surface area contributed by atoms with Gasteiger partial charge >= 0.3 is 0 Å². The number of pyridine rings is 1. The fourth-order valence-electron chi connectivity index (χ4n) is 1.34. The van der Waals surface area contributed by atoms with Crippen molar-refractivity contribution in [3.8, 4) is 0 Å². The van der Waals surface area contributed by atoms with Gasteiger partial charge in [0.05, 0.1) is 11.8 Å². The number of aliphatic hydroxyl groups is 1. The van der Waals surface area contributed by atoms with Crippen LogP contribution < -0.4 is 5.32 Å². The van der Waals surface area contributed by atoms with E-state index in [4.69, 9.17) is 0 Å². The summed E-state index contributed by atoms with van der Waals surface area (Å²) in [6.45, 7) is 1.41. The fourth-order valence-corrected chi connectivity index (χ4v) is 1.34. The Bertz CT molecular complexity index is 262. The number of rotatable bonds is 0. The maximum Gasteiger partial charge on any atom is 0.0932 e. The van der Waals surface area contributed by atoms with Crippen LogP contribution in [0, 0.1) is 0 Å². The first-order valence-corrected chi connectivity index (χ1v) is 3.70. The van der Waals surface area contributed by atoms with Crippen LogP contribution in [0.3, 0.4) is 0 Å². The lowest BCUT2D eigenvalue weighted by Crippen LogP contribution is -2.28. The molecule has 1 aliphatic heterocycles. The first-order chi connectivity index (χ1) is 5.38. The number of aliphatic hydroxyl groups excluding tert-OH is 1. The van der Waals surface area contributed by atoms with Crippen LogP contribution in [0.1, 0.15) is 17.4 Å². The van der Waals surface area contributed by atoms with Gasteiger partial charge in [0.15, 0.2) is 0 Å². The van der Waals surface area contributed by atoms with Gasteiger partial charge in [0.1, 0.15) is 0 Å². The zero-order valence-corrected chi connectivity index (χ0v) is 6.12. The summed E-state index contributed by atoms with van der Waals surface area (Å²) in [7, 11) is 0. The highest BCUT2D eigenvalue weighted by atomic mass is 16.3. The van der Waals surface area contributed by atoms with Crippen molar-refractivity contribution in [3.63, 3.8) is 0 Å². The summed E-state index contributed by atoms with van der Waals surface area (Å²) in [5, 5.41) is 12.5. The third kappa shape index (κ3) is 1.13. The maximum atomic E-state index is 9.46. The van der Waals surface area contributed by atoms with Gasteiger partial charge in [0.25, 0.3) is 0 Å². The van der Waals surface area contributed by atoms with Gasteiger partial charge in [-0.05, 0) is 6.07 Å². The lowest BCUT2D eigenvalue weighted by Gasteiger charge is -2.20. The zero-order valence-electron chi connectivity index (χ0n) is 6.12. The molecule has 1 aromatic heterocycles. The molecule has 0 saturated heterocycles. The Morgan fingerprint density at radius 3 is 3.36 bits per heavy atom. The Hall–Kier alpha value is -0.930. The van der Waals surface area contributed by atoms with Crippen molar-refractivity contribution in [2.75, 3.05) is 6.54 Å². The van der Waals surface area contributed by atoms with E-state index in [1.807, 2.05) is 12.1 Å². The first kappa shape index (κ1) is 6.76. The van der Waals surface area contributed by atoms with E-state index in [2.05, 4.69) is 10.3 Å². The van der Waals surface area contributed by atoms with Crippen LogP contribution in [0.5, 0.6) is 0 Å². The Labute approximate surface area is 65.1 Å². The average Bonchev–Trinajstić information content (AvgIpc) is 2.06. The predicted molar refractivity (Wildman–Crippen MR) is 40.9 cm³/mol. The molecule has 3 heteroatoms. The van der Waals surface area contributed by atoms with Crippen molar-refractivity contribution in [2.24, 2.45) is 0 Å². The predicted octanol–water partition coefficient (Wildman–Crippen LogP) is 0.218. The molecule has 0 saturated carbocycles. The minimum atomic E-state index is -0.382. The molecule has 1 atom stereocenters. The number of β-amino-alcohol motifs (C(OH)–C–C–N with tert-alkyl or cyclic N) is 1. The van der Waals surface area contributed by atoms with Crippen molar-refractivity contribution >= 4 is 0 Å². The number of nitrogens with zero attached hydrogens (tertiary/aromatic N) is 1. The van der Waals surface area contributed by atoms with E-state index < -0.39 is 0 Å². The number of hydrogen-bond acceptors (Lipinski definition) is 3. The van der Waals surface area contributed by atoms with Gasteiger partial charge in [-0.3, -0.25) is 4.98 Å². The molecule has 0 amide bonds. The maximum absolute atomic E-state index is 9.46. The molecule has 0 bridgehead atoms. The number of nitrogens with one attached hydrogen (secondary N) is 1. The van der Waals surface area contributed by atoms with Crippen molar-refractivity contribution in [1.29, 1.82) is 0 Å². The highest BCUT2D eigenvalue weighted by molar-refractivity contribution is 5.24. The molecule has 2 heterocycles. The average molecular weight is 150 g/mol. The fraction of sp³-hybridized carbons (Fsp3) is 0.375. The molecule has 1 aliphatic rings. The van der Waals surface area contributed by atoms with E-state index in [1.54, 1.807) is 6.20 Å². The smallest absolute Gasteiger partial charge is 0.0932 e. The molecular weight excluding hydrogens is 140 g/mol. The van der Waals surface area contributed by atoms with Crippen molar-refractivity contribution < 1.29 is 5.11 Å². The quantitative estimate of drug-likeness (QED) is 0.556. The molecule has 1 aromatic rings.